The molecule has 5 heteroatoms. The second kappa shape index (κ2) is 5.25. The average molecular weight is 237 g/mol. The molecule has 2 rings (SSSR count). The molecular formula is C11H15N3OS. The van der Waals surface area contributed by atoms with Crippen LogP contribution in [-0.4, -0.2) is 21.4 Å². The molecule has 4 nitrogen and oxygen atoms in total. The summed E-state index contributed by atoms with van der Waals surface area (Å²) in [7, 11) is 1.91. The normalized spacial score (nSPS) is 12.9. The van der Waals surface area contributed by atoms with Crippen LogP contribution in [0.2, 0.25) is 0 Å². The number of aromatic nitrogens is 2. The fourth-order valence-corrected chi connectivity index (χ4v) is 2.20. The van der Waals surface area contributed by atoms with Crippen LogP contribution in [0.1, 0.15) is 17.4 Å². The van der Waals surface area contributed by atoms with Gasteiger partial charge in [-0.1, -0.05) is 0 Å². The highest BCUT2D eigenvalue weighted by Crippen LogP contribution is 2.15. The number of thiophene rings is 1. The molecule has 0 aliphatic rings. The van der Waals surface area contributed by atoms with Gasteiger partial charge in [-0.25, -0.2) is 0 Å². The van der Waals surface area contributed by atoms with E-state index in [-0.39, 0.29) is 0 Å². The van der Waals surface area contributed by atoms with Crippen molar-refractivity contribution in [2.75, 3.05) is 6.54 Å². The minimum atomic E-state index is -0.431. The Hall–Kier alpha value is -1.17. The largest absolute Gasteiger partial charge is 0.387 e. The van der Waals surface area contributed by atoms with Crippen molar-refractivity contribution in [1.29, 1.82) is 0 Å². The quantitative estimate of drug-likeness (QED) is 0.824. The number of aliphatic hydroxyl groups excluding tert-OH is 1. The lowest BCUT2D eigenvalue weighted by molar-refractivity contribution is 0.174. The highest BCUT2D eigenvalue weighted by atomic mass is 32.1. The van der Waals surface area contributed by atoms with Gasteiger partial charge in [0.15, 0.2) is 0 Å². The van der Waals surface area contributed by atoms with Crippen molar-refractivity contribution in [1.82, 2.24) is 15.1 Å². The van der Waals surface area contributed by atoms with E-state index >= 15 is 0 Å². The first-order valence-electron chi connectivity index (χ1n) is 5.15. The van der Waals surface area contributed by atoms with Crippen LogP contribution in [0.5, 0.6) is 0 Å². The van der Waals surface area contributed by atoms with E-state index in [4.69, 9.17) is 0 Å². The van der Waals surface area contributed by atoms with Crippen molar-refractivity contribution < 1.29 is 5.11 Å². The Labute approximate surface area is 98.5 Å². The van der Waals surface area contributed by atoms with Crippen molar-refractivity contribution in [3.63, 3.8) is 0 Å². The van der Waals surface area contributed by atoms with E-state index in [1.807, 2.05) is 34.6 Å². The molecule has 0 aliphatic heterocycles. The van der Waals surface area contributed by atoms with Crippen LogP contribution in [0.15, 0.2) is 29.1 Å². The minimum absolute atomic E-state index is 0.431. The maximum absolute atomic E-state index is 9.83. The SMILES string of the molecule is Cn1nccc1CNCC(O)c1ccsc1. The first kappa shape index (κ1) is 11.3. The van der Waals surface area contributed by atoms with Crippen LogP contribution in [0, 0.1) is 0 Å². The third-order valence-corrected chi connectivity index (χ3v) is 3.20. The topological polar surface area (TPSA) is 50.1 Å². The Morgan fingerprint density at radius 2 is 2.44 bits per heavy atom. The van der Waals surface area contributed by atoms with Crippen LogP contribution < -0.4 is 5.32 Å². The predicted molar refractivity (Wildman–Crippen MR) is 64.2 cm³/mol. The number of aryl methyl sites for hydroxylation is 1. The van der Waals surface area contributed by atoms with Gasteiger partial charge in [0.2, 0.25) is 0 Å². The zero-order valence-electron chi connectivity index (χ0n) is 9.13. The Morgan fingerprint density at radius 3 is 3.06 bits per heavy atom. The van der Waals surface area contributed by atoms with E-state index in [0.29, 0.717) is 6.54 Å². The fourth-order valence-electron chi connectivity index (χ4n) is 1.49. The van der Waals surface area contributed by atoms with E-state index in [0.717, 1.165) is 17.8 Å². The molecule has 0 aromatic carbocycles. The van der Waals surface area contributed by atoms with Crippen molar-refractivity contribution in [2.45, 2.75) is 12.6 Å². The monoisotopic (exact) mass is 237 g/mol. The lowest BCUT2D eigenvalue weighted by Gasteiger charge is -2.10. The molecule has 1 unspecified atom stereocenters. The third kappa shape index (κ3) is 2.69. The molecule has 0 saturated heterocycles. The van der Waals surface area contributed by atoms with Crippen LogP contribution in [0.3, 0.4) is 0 Å². The van der Waals surface area contributed by atoms with E-state index < -0.39 is 6.10 Å². The maximum Gasteiger partial charge on any atom is 0.0922 e. The van der Waals surface area contributed by atoms with Gasteiger partial charge in [0, 0.05) is 26.3 Å². The zero-order chi connectivity index (χ0) is 11.4. The minimum Gasteiger partial charge on any atom is -0.387 e. The van der Waals surface area contributed by atoms with Gasteiger partial charge in [0.1, 0.15) is 0 Å². The van der Waals surface area contributed by atoms with Gasteiger partial charge in [-0.2, -0.15) is 16.4 Å². The average Bonchev–Trinajstić information content (AvgIpc) is 2.90. The molecule has 2 N–H and O–H groups in total. The molecule has 0 fully saturated rings. The van der Waals surface area contributed by atoms with Gasteiger partial charge in [-0.15, -0.1) is 0 Å². The first-order chi connectivity index (χ1) is 7.77. The molecule has 1 atom stereocenters. The molecule has 0 bridgehead atoms. The van der Waals surface area contributed by atoms with E-state index in [1.165, 1.54) is 0 Å². The van der Waals surface area contributed by atoms with Crippen LogP contribution >= 0.6 is 11.3 Å². The van der Waals surface area contributed by atoms with Gasteiger partial charge >= 0.3 is 0 Å². The van der Waals surface area contributed by atoms with Gasteiger partial charge in [-0.3, -0.25) is 4.68 Å². The summed E-state index contributed by atoms with van der Waals surface area (Å²) in [5.74, 6) is 0. The Kier molecular flexibility index (Phi) is 3.71. The third-order valence-electron chi connectivity index (χ3n) is 2.49. The Bertz CT molecular complexity index is 424. The van der Waals surface area contributed by atoms with Crippen molar-refractivity contribution in [3.05, 3.63) is 40.3 Å². The summed E-state index contributed by atoms with van der Waals surface area (Å²) in [4.78, 5) is 0. The van der Waals surface area contributed by atoms with Gasteiger partial charge in [0.25, 0.3) is 0 Å². The summed E-state index contributed by atoms with van der Waals surface area (Å²) >= 11 is 1.60. The van der Waals surface area contributed by atoms with E-state index in [1.54, 1.807) is 17.5 Å². The number of nitrogens with one attached hydrogen (secondary N) is 1. The lowest BCUT2D eigenvalue weighted by Crippen LogP contribution is -2.22. The molecule has 2 aromatic heterocycles. The van der Waals surface area contributed by atoms with Crippen LogP contribution in [0.4, 0.5) is 0 Å². The summed E-state index contributed by atoms with van der Waals surface area (Å²) < 4.78 is 1.82. The summed E-state index contributed by atoms with van der Waals surface area (Å²) in [6.45, 7) is 1.28. The van der Waals surface area contributed by atoms with E-state index in [2.05, 4.69) is 10.4 Å². The second-order valence-electron chi connectivity index (χ2n) is 3.65. The molecule has 2 aromatic rings. The number of rotatable bonds is 5. The first-order valence-corrected chi connectivity index (χ1v) is 6.09. The lowest BCUT2D eigenvalue weighted by atomic mass is 10.2. The van der Waals surface area contributed by atoms with Crippen LogP contribution in [0.25, 0.3) is 0 Å². The molecular weight excluding hydrogens is 222 g/mol. The molecule has 0 spiro atoms. The Balaban J connectivity index is 1.78. The van der Waals surface area contributed by atoms with Crippen molar-refractivity contribution in [3.8, 4) is 0 Å². The molecule has 0 radical (unpaired) electrons. The predicted octanol–water partition coefficient (Wildman–Crippen LogP) is 1.30. The van der Waals surface area contributed by atoms with Crippen molar-refractivity contribution >= 4 is 11.3 Å². The highest BCUT2D eigenvalue weighted by Gasteiger charge is 2.07. The van der Waals surface area contributed by atoms with Gasteiger partial charge in [-0.05, 0) is 28.5 Å². The fraction of sp³-hybridized carbons (Fsp3) is 0.364. The molecule has 86 valence electrons. The number of nitrogens with zero attached hydrogens (tertiary/aromatic N) is 2. The summed E-state index contributed by atoms with van der Waals surface area (Å²) in [6.07, 6.45) is 1.34. The maximum atomic E-state index is 9.83. The molecule has 0 aliphatic carbocycles. The zero-order valence-corrected chi connectivity index (χ0v) is 9.94. The summed E-state index contributed by atoms with van der Waals surface area (Å²) in [5, 5.41) is 21.1. The molecule has 2 heterocycles. The standard InChI is InChI=1S/C11H15N3OS/c1-14-10(2-4-13-14)6-12-7-11(15)9-3-5-16-8-9/h2-5,8,11-12,15H,6-7H2,1H3. The number of hydrogen-bond acceptors (Lipinski definition) is 4. The number of aliphatic hydroxyl groups is 1. The summed E-state index contributed by atoms with van der Waals surface area (Å²) in [5.41, 5.74) is 2.08. The van der Waals surface area contributed by atoms with Gasteiger partial charge in [0.05, 0.1) is 11.8 Å². The van der Waals surface area contributed by atoms with Gasteiger partial charge < -0.3 is 10.4 Å². The molecule has 0 saturated carbocycles. The Morgan fingerprint density at radius 1 is 1.56 bits per heavy atom. The smallest absolute Gasteiger partial charge is 0.0922 e. The molecule has 0 amide bonds. The van der Waals surface area contributed by atoms with E-state index in [9.17, 15) is 5.11 Å². The van der Waals surface area contributed by atoms with Crippen LogP contribution in [-0.2, 0) is 13.6 Å². The highest BCUT2D eigenvalue weighted by molar-refractivity contribution is 7.07. The summed E-state index contributed by atoms with van der Waals surface area (Å²) in [6, 6.07) is 3.91. The molecule has 16 heavy (non-hydrogen) atoms. The van der Waals surface area contributed by atoms with Crippen molar-refractivity contribution in [2.24, 2.45) is 7.05 Å². The number of hydrogen-bond donors (Lipinski definition) is 2. The second-order valence-corrected chi connectivity index (χ2v) is 4.43.